The first-order chi connectivity index (χ1) is 12.1. The summed E-state index contributed by atoms with van der Waals surface area (Å²) < 4.78 is 0. The van der Waals surface area contributed by atoms with Crippen molar-refractivity contribution in [3.05, 3.63) is 53.7 Å². The van der Waals surface area contributed by atoms with Gasteiger partial charge in [-0.25, -0.2) is 4.98 Å². The van der Waals surface area contributed by atoms with Gasteiger partial charge in [0.25, 0.3) is 0 Å². The number of para-hydroxylation sites is 1. The van der Waals surface area contributed by atoms with Gasteiger partial charge in [0.1, 0.15) is 5.82 Å². The average molecular weight is 338 g/mol. The fourth-order valence-electron chi connectivity index (χ4n) is 3.28. The number of aryl methyl sites for hydroxylation is 2. The highest BCUT2D eigenvalue weighted by Gasteiger charge is 2.26. The molecule has 1 N–H and O–H groups in total. The summed E-state index contributed by atoms with van der Waals surface area (Å²) in [4.78, 5) is 21.6. The third-order valence-electron chi connectivity index (χ3n) is 4.94. The lowest BCUT2D eigenvalue weighted by Gasteiger charge is -2.38. The van der Waals surface area contributed by atoms with Crippen LogP contribution in [0.1, 0.15) is 18.1 Å². The third kappa shape index (κ3) is 3.99. The number of anilines is 2. The summed E-state index contributed by atoms with van der Waals surface area (Å²) in [6.07, 6.45) is 1.82. The van der Waals surface area contributed by atoms with Crippen LogP contribution >= 0.6 is 0 Å². The van der Waals surface area contributed by atoms with Gasteiger partial charge in [-0.3, -0.25) is 9.69 Å². The van der Waals surface area contributed by atoms with E-state index in [4.69, 9.17) is 0 Å². The smallest absolute Gasteiger partial charge is 0.241 e. The average Bonchev–Trinajstić information content (AvgIpc) is 2.65. The van der Waals surface area contributed by atoms with E-state index < -0.39 is 0 Å². The van der Waals surface area contributed by atoms with Gasteiger partial charge in [-0.05, 0) is 44.0 Å². The van der Waals surface area contributed by atoms with Crippen molar-refractivity contribution < 1.29 is 4.79 Å². The fourth-order valence-corrected chi connectivity index (χ4v) is 3.28. The molecule has 1 amide bonds. The molecule has 5 heteroatoms. The lowest BCUT2D eigenvalue weighted by molar-refractivity contribution is -0.120. The maximum Gasteiger partial charge on any atom is 0.241 e. The molecule has 1 aromatic carbocycles. The van der Waals surface area contributed by atoms with Crippen LogP contribution in [0.4, 0.5) is 11.5 Å². The molecular weight excluding hydrogens is 312 g/mol. The first-order valence-corrected chi connectivity index (χ1v) is 8.83. The van der Waals surface area contributed by atoms with Crippen molar-refractivity contribution in [2.45, 2.75) is 26.8 Å². The molecule has 2 heterocycles. The number of rotatable bonds is 4. The van der Waals surface area contributed by atoms with Gasteiger partial charge in [0.2, 0.25) is 5.91 Å². The second kappa shape index (κ2) is 7.66. The number of amides is 1. The van der Waals surface area contributed by atoms with E-state index in [9.17, 15) is 4.79 Å². The number of nitrogens with one attached hydrogen (secondary N) is 1. The van der Waals surface area contributed by atoms with Gasteiger partial charge >= 0.3 is 0 Å². The van der Waals surface area contributed by atoms with Crippen LogP contribution < -0.4 is 10.2 Å². The highest BCUT2D eigenvalue weighted by Crippen LogP contribution is 2.20. The predicted octanol–water partition coefficient (Wildman–Crippen LogP) is 2.85. The Bertz CT molecular complexity index is 703. The van der Waals surface area contributed by atoms with Crippen molar-refractivity contribution in [3.8, 4) is 0 Å². The maximum absolute atomic E-state index is 12.7. The third-order valence-corrected chi connectivity index (χ3v) is 4.94. The van der Waals surface area contributed by atoms with E-state index in [1.165, 1.54) is 0 Å². The molecule has 132 valence electrons. The van der Waals surface area contributed by atoms with E-state index in [0.717, 1.165) is 48.8 Å². The van der Waals surface area contributed by atoms with Crippen LogP contribution in [0.3, 0.4) is 0 Å². The first-order valence-electron chi connectivity index (χ1n) is 8.83. The topological polar surface area (TPSA) is 48.5 Å². The highest BCUT2D eigenvalue weighted by atomic mass is 16.2. The lowest BCUT2D eigenvalue weighted by Crippen LogP contribution is -2.53. The van der Waals surface area contributed by atoms with E-state index in [0.29, 0.717) is 0 Å². The van der Waals surface area contributed by atoms with Gasteiger partial charge in [-0.1, -0.05) is 24.3 Å². The zero-order valence-electron chi connectivity index (χ0n) is 15.2. The van der Waals surface area contributed by atoms with Crippen molar-refractivity contribution in [2.75, 3.05) is 36.4 Å². The summed E-state index contributed by atoms with van der Waals surface area (Å²) in [5, 5.41) is 3.11. The Morgan fingerprint density at radius 3 is 2.32 bits per heavy atom. The van der Waals surface area contributed by atoms with E-state index in [1.54, 1.807) is 0 Å². The molecule has 2 aromatic rings. The Hall–Kier alpha value is -2.40. The zero-order chi connectivity index (χ0) is 17.8. The monoisotopic (exact) mass is 338 g/mol. The number of piperazine rings is 1. The van der Waals surface area contributed by atoms with Crippen LogP contribution in [0.25, 0.3) is 0 Å². The van der Waals surface area contributed by atoms with Crippen molar-refractivity contribution >= 4 is 17.4 Å². The molecule has 1 atom stereocenters. The van der Waals surface area contributed by atoms with Crippen LogP contribution in [0.2, 0.25) is 0 Å². The van der Waals surface area contributed by atoms with Gasteiger partial charge in [0.05, 0.1) is 6.04 Å². The minimum atomic E-state index is -0.148. The number of benzene rings is 1. The Labute approximate surface area is 149 Å². The van der Waals surface area contributed by atoms with Gasteiger partial charge < -0.3 is 10.2 Å². The van der Waals surface area contributed by atoms with Crippen LogP contribution in [0.15, 0.2) is 42.6 Å². The quantitative estimate of drug-likeness (QED) is 0.931. The molecule has 0 bridgehead atoms. The van der Waals surface area contributed by atoms with Crippen LogP contribution in [0, 0.1) is 13.8 Å². The molecule has 5 nitrogen and oxygen atoms in total. The predicted molar refractivity (Wildman–Crippen MR) is 102 cm³/mol. The van der Waals surface area contributed by atoms with Crippen molar-refractivity contribution in [3.63, 3.8) is 0 Å². The largest absolute Gasteiger partial charge is 0.354 e. The molecule has 0 radical (unpaired) electrons. The second-order valence-corrected chi connectivity index (χ2v) is 6.64. The molecule has 1 aromatic heterocycles. The zero-order valence-corrected chi connectivity index (χ0v) is 15.2. The Balaban J connectivity index is 1.59. The minimum absolute atomic E-state index is 0.0590. The molecule has 0 aliphatic carbocycles. The number of hydrogen-bond donors (Lipinski definition) is 1. The minimum Gasteiger partial charge on any atom is -0.354 e. The van der Waals surface area contributed by atoms with Gasteiger partial charge in [-0.15, -0.1) is 0 Å². The van der Waals surface area contributed by atoms with Crippen molar-refractivity contribution in [1.82, 2.24) is 9.88 Å². The molecule has 1 aliphatic rings. The van der Waals surface area contributed by atoms with E-state index in [-0.39, 0.29) is 11.9 Å². The number of pyridine rings is 1. The SMILES string of the molecule is Cc1cccc(C)c1NC(=O)[C@H](C)N1CCN(c2ccccn2)CC1. The Morgan fingerprint density at radius 2 is 1.72 bits per heavy atom. The molecule has 1 fully saturated rings. The summed E-state index contributed by atoms with van der Waals surface area (Å²) >= 11 is 0. The van der Waals surface area contributed by atoms with Crippen LogP contribution in [-0.2, 0) is 4.79 Å². The van der Waals surface area contributed by atoms with Gasteiger partial charge in [-0.2, -0.15) is 0 Å². The molecule has 1 aliphatic heterocycles. The van der Waals surface area contributed by atoms with E-state index >= 15 is 0 Å². The van der Waals surface area contributed by atoms with E-state index in [2.05, 4.69) is 20.1 Å². The molecule has 25 heavy (non-hydrogen) atoms. The van der Waals surface area contributed by atoms with Crippen LogP contribution in [-0.4, -0.2) is 48.0 Å². The Morgan fingerprint density at radius 1 is 1.04 bits per heavy atom. The van der Waals surface area contributed by atoms with Crippen molar-refractivity contribution in [2.24, 2.45) is 0 Å². The number of nitrogens with zero attached hydrogens (tertiary/aromatic N) is 3. The molecule has 0 unspecified atom stereocenters. The number of carbonyl (C=O) groups excluding carboxylic acids is 1. The van der Waals surface area contributed by atoms with E-state index in [1.807, 2.05) is 63.4 Å². The summed E-state index contributed by atoms with van der Waals surface area (Å²) in [5.74, 6) is 1.07. The molecule has 3 rings (SSSR count). The number of carbonyl (C=O) groups is 1. The molecule has 0 saturated carbocycles. The summed E-state index contributed by atoms with van der Waals surface area (Å²) in [6, 6.07) is 11.9. The highest BCUT2D eigenvalue weighted by molar-refractivity contribution is 5.95. The number of hydrogen-bond acceptors (Lipinski definition) is 4. The molecule has 0 spiro atoms. The molecule has 1 saturated heterocycles. The normalized spacial score (nSPS) is 16.5. The Kier molecular flexibility index (Phi) is 5.34. The maximum atomic E-state index is 12.7. The van der Waals surface area contributed by atoms with Gasteiger partial charge in [0.15, 0.2) is 0 Å². The molecular formula is C20H26N4O. The fraction of sp³-hybridized carbons (Fsp3) is 0.400. The number of aromatic nitrogens is 1. The van der Waals surface area contributed by atoms with Crippen LogP contribution in [0.5, 0.6) is 0 Å². The second-order valence-electron chi connectivity index (χ2n) is 6.64. The summed E-state index contributed by atoms with van der Waals surface area (Å²) in [7, 11) is 0. The summed E-state index contributed by atoms with van der Waals surface area (Å²) in [5.41, 5.74) is 3.13. The first kappa shape index (κ1) is 17.4. The lowest BCUT2D eigenvalue weighted by atomic mass is 10.1. The standard InChI is InChI=1S/C20H26N4O/c1-15-7-6-8-16(2)19(15)22-20(25)17(3)23-11-13-24(14-12-23)18-9-4-5-10-21-18/h4-10,17H,11-14H2,1-3H3,(H,22,25)/t17-/m0/s1. The summed E-state index contributed by atoms with van der Waals surface area (Å²) in [6.45, 7) is 9.53. The van der Waals surface area contributed by atoms with Gasteiger partial charge in [0, 0.05) is 38.1 Å². The van der Waals surface area contributed by atoms with Crippen molar-refractivity contribution in [1.29, 1.82) is 0 Å².